The number of fused-ring (bicyclic) bond motifs is 1. The van der Waals surface area contributed by atoms with Gasteiger partial charge in [-0.2, -0.15) is 0 Å². The van der Waals surface area contributed by atoms with E-state index in [9.17, 15) is 9.90 Å². The van der Waals surface area contributed by atoms with E-state index in [4.69, 9.17) is 0 Å². The predicted molar refractivity (Wildman–Crippen MR) is 66.9 cm³/mol. The van der Waals surface area contributed by atoms with E-state index in [1.165, 1.54) is 12.8 Å². The maximum atomic E-state index is 11.5. The first-order valence-electron chi connectivity index (χ1n) is 6.61. The molecule has 1 aliphatic carbocycles. The second-order valence-corrected chi connectivity index (χ2v) is 5.43. The Balaban J connectivity index is 1.77. The quantitative estimate of drug-likeness (QED) is 0.883. The third-order valence-corrected chi connectivity index (χ3v) is 4.35. The normalized spacial score (nSPS) is 31.4. The molecule has 1 aromatic rings. The molecule has 2 fully saturated rings. The summed E-state index contributed by atoms with van der Waals surface area (Å²) in [5.41, 5.74) is 1.10. The van der Waals surface area contributed by atoms with Crippen LogP contribution in [-0.4, -0.2) is 33.5 Å². The van der Waals surface area contributed by atoms with E-state index >= 15 is 0 Å². The molecule has 96 valence electrons. The van der Waals surface area contributed by atoms with Crippen molar-refractivity contribution in [2.45, 2.75) is 31.8 Å². The van der Waals surface area contributed by atoms with Crippen LogP contribution >= 0.6 is 0 Å². The molecule has 0 spiro atoms. The highest BCUT2D eigenvalue weighted by atomic mass is 16.4. The molecular weight excluding hydrogens is 228 g/mol. The minimum atomic E-state index is -0.659. The van der Waals surface area contributed by atoms with Gasteiger partial charge >= 0.3 is 5.97 Å². The van der Waals surface area contributed by atoms with Crippen molar-refractivity contribution in [2.75, 3.05) is 6.54 Å². The first-order chi connectivity index (χ1) is 8.75. The molecule has 18 heavy (non-hydrogen) atoms. The van der Waals surface area contributed by atoms with Crippen LogP contribution in [0.15, 0.2) is 24.5 Å². The summed E-state index contributed by atoms with van der Waals surface area (Å²) < 4.78 is 0. The van der Waals surface area contributed by atoms with Crippen LogP contribution in [0.2, 0.25) is 0 Å². The molecule has 0 radical (unpaired) electrons. The van der Waals surface area contributed by atoms with Crippen LogP contribution in [0.3, 0.4) is 0 Å². The number of carboxylic acid groups (broad SMARTS) is 1. The van der Waals surface area contributed by atoms with Gasteiger partial charge in [0.15, 0.2) is 0 Å². The van der Waals surface area contributed by atoms with Crippen molar-refractivity contribution in [3.63, 3.8) is 0 Å². The second-order valence-electron chi connectivity index (χ2n) is 5.43. The molecular formula is C14H18N2O2. The Morgan fingerprint density at radius 1 is 1.50 bits per heavy atom. The van der Waals surface area contributed by atoms with Crippen LogP contribution in [-0.2, 0) is 11.3 Å². The van der Waals surface area contributed by atoms with Gasteiger partial charge in [0.05, 0.1) is 0 Å². The Hall–Kier alpha value is -1.42. The lowest BCUT2D eigenvalue weighted by Crippen LogP contribution is -2.39. The minimum Gasteiger partial charge on any atom is -0.480 e. The van der Waals surface area contributed by atoms with Crippen molar-refractivity contribution in [1.82, 2.24) is 9.88 Å². The Kier molecular flexibility index (Phi) is 3.04. The molecule has 0 aromatic carbocycles. The van der Waals surface area contributed by atoms with E-state index in [-0.39, 0.29) is 6.04 Å². The lowest BCUT2D eigenvalue weighted by atomic mass is 9.94. The van der Waals surface area contributed by atoms with Crippen molar-refractivity contribution in [3.8, 4) is 0 Å². The number of aliphatic carboxylic acids is 1. The Morgan fingerprint density at radius 2 is 2.39 bits per heavy atom. The van der Waals surface area contributed by atoms with Gasteiger partial charge in [-0.15, -0.1) is 0 Å². The maximum Gasteiger partial charge on any atom is 0.321 e. The molecule has 0 bridgehead atoms. The molecule has 3 rings (SSSR count). The number of hydrogen-bond donors (Lipinski definition) is 1. The van der Waals surface area contributed by atoms with E-state index in [2.05, 4.69) is 9.88 Å². The van der Waals surface area contributed by atoms with Crippen molar-refractivity contribution in [1.29, 1.82) is 0 Å². The smallest absolute Gasteiger partial charge is 0.321 e. The van der Waals surface area contributed by atoms with Gasteiger partial charge in [0.2, 0.25) is 0 Å². The zero-order valence-electron chi connectivity index (χ0n) is 10.3. The summed E-state index contributed by atoms with van der Waals surface area (Å²) >= 11 is 0. The average Bonchev–Trinajstić information content (AvgIpc) is 2.89. The average molecular weight is 246 g/mol. The number of aromatic nitrogens is 1. The topological polar surface area (TPSA) is 53.4 Å². The van der Waals surface area contributed by atoms with Crippen molar-refractivity contribution in [2.24, 2.45) is 11.8 Å². The Labute approximate surface area is 107 Å². The number of likely N-dealkylation sites (tertiary alicyclic amines) is 1. The first-order valence-corrected chi connectivity index (χ1v) is 6.61. The van der Waals surface area contributed by atoms with Crippen molar-refractivity contribution >= 4 is 5.97 Å². The Morgan fingerprint density at radius 3 is 3.11 bits per heavy atom. The molecule has 0 amide bonds. The van der Waals surface area contributed by atoms with Crippen LogP contribution in [0.1, 0.15) is 24.8 Å². The number of hydrogen-bond acceptors (Lipinski definition) is 3. The zero-order valence-corrected chi connectivity index (χ0v) is 10.3. The summed E-state index contributed by atoms with van der Waals surface area (Å²) in [5.74, 6) is 0.287. The molecule has 3 unspecified atom stereocenters. The SMILES string of the molecule is O=C(O)C1C2CCCC2CN1Cc1cccnc1. The van der Waals surface area contributed by atoms with Gasteiger partial charge in [-0.25, -0.2) is 0 Å². The first kappa shape index (κ1) is 11.7. The monoisotopic (exact) mass is 246 g/mol. The van der Waals surface area contributed by atoms with Gasteiger partial charge < -0.3 is 5.11 Å². The molecule has 1 saturated heterocycles. The molecule has 3 atom stereocenters. The fraction of sp³-hybridized carbons (Fsp3) is 0.571. The molecule has 4 heteroatoms. The highest BCUT2D eigenvalue weighted by Crippen LogP contribution is 2.42. The van der Waals surface area contributed by atoms with Crippen molar-refractivity contribution < 1.29 is 9.90 Å². The summed E-state index contributed by atoms with van der Waals surface area (Å²) in [6.07, 6.45) is 7.03. The summed E-state index contributed by atoms with van der Waals surface area (Å²) in [4.78, 5) is 17.7. The van der Waals surface area contributed by atoms with Gasteiger partial charge in [0, 0.05) is 25.5 Å². The van der Waals surface area contributed by atoms with Crippen LogP contribution in [0.25, 0.3) is 0 Å². The summed E-state index contributed by atoms with van der Waals surface area (Å²) in [6, 6.07) is 3.62. The molecule has 4 nitrogen and oxygen atoms in total. The van der Waals surface area contributed by atoms with Gasteiger partial charge in [-0.05, 0) is 36.3 Å². The van der Waals surface area contributed by atoms with Crippen LogP contribution in [0.5, 0.6) is 0 Å². The predicted octanol–water partition coefficient (Wildman–Crippen LogP) is 1.77. The third kappa shape index (κ3) is 2.01. The minimum absolute atomic E-state index is 0.294. The molecule has 1 aliphatic heterocycles. The molecule has 1 N–H and O–H groups in total. The fourth-order valence-corrected chi connectivity index (χ4v) is 3.62. The summed E-state index contributed by atoms with van der Waals surface area (Å²) in [6.45, 7) is 1.63. The fourth-order valence-electron chi connectivity index (χ4n) is 3.62. The highest BCUT2D eigenvalue weighted by Gasteiger charge is 2.47. The number of pyridine rings is 1. The van der Waals surface area contributed by atoms with Gasteiger partial charge in [0.1, 0.15) is 6.04 Å². The lowest BCUT2D eigenvalue weighted by molar-refractivity contribution is -0.143. The maximum absolute atomic E-state index is 11.5. The van der Waals surface area contributed by atoms with Gasteiger partial charge in [-0.3, -0.25) is 14.7 Å². The van der Waals surface area contributed by atoms with Crippen LogP contribution < -0.4 is 0 Å². The second kappa shape index (κ2) is 4.69. The Bertz CT molecular complexity index is 435. The highest BCUT2D eigenvalue weighted by molar-refractivity contribution is 5.74. The van der Waals surface area contributed by atoms with Gasteiger partial charge in [-0.1, -0.05) is 12.5 Å². The van der Waals surface area contributed by atoms with Crippen LogP contribution in [0.4, 0.5) is 0 Å². The van der Waals surface area contributed by atoms with Crippen LogP contribution in [0, 0.1) is 11.8 Å². The zero-order chi connectivity index (χ0) is 12.5. The number of carboxylic acids is 1. The lowest BCUT2D eigenvalue weighted by Gasteiger charge is -2.23. The van der Waals surface area contributed by atoms with E-state index in [0.29, 0.717) is 18.4 Å². The standard InChI is InChI=1S/C14H18N2O2/c17-14(18)13-12-5-1-4-11(12)9-16(13)8-10-3-2-6-15-7-10/h2-3,6-7,11-13H,1,4-5,8-9H2,(H,17,18). The van der Waals surface area contributed by atoms with E-state index in [1.807, 2.05) is 18.3 Å². The number of nitrogens with zero attached hydrogens (tertiary/aromatic N) is 2. The number of carbonyl (C=O) groups is 1. The van der Waals surface area contributed by atoms with E-state index in [1.54, 1.807) is 6.20 Å². The third-order valence-electron chi connectivity index (χ3n) is 4.35. The molecule has 2 aliphatic rings. The molecule has 2 heterocycles. The van der Waals surface area contributed by atoms with E-state index in [0.717, 1.165) is 18.5 Å². The molecule has 1 aromatic heterocycles. The number of rotatable bonds is 3. The van der Waals surface area contributed by atoms with Crippen molar-refractivity contribution in [3.05, 3.63) is 30.1 Å². The summed E-state index contributed by atoms with van der Waals surface area (Å²) in [7, 11) is 0. The summed E-state index contributed by atoms with van der Waals surface area (Å²) in [5, 5.41) is 9.45. The van der Waals surface area contributed by atoms with E-state index < -0.39 is 5.97 Å². The largest absolute Gasteiger partial charge is 0.480 e. The molecule has 1 saturated carbocycles. The van der Waals surface area contributed by atoms with Gasteiger partial charge in [0.25, 0.3) is 0 Å².